The van der Waals surface area contributed by atoms with Crippen LogP contribution in [0.1, 0.15) is 27.2 Å². The highest BCUT2D eigenvalue weighted by atomic mass is 16.6. The Hall–Kier alpha value is -1.34. The van der Waals surface area contributed by atoms with Gasteiger partial charge in [0.15, 0.2) is 0 Å². The second kappa shape index (κ2) is 9.55. The summed E-state index contributed by atoms with van der Waals surface area (Å²) in [4.78, 5) is 24.8. The molecule has 0 unspecified atom stereocenters. The molecular formula is C13H28N4O3. The maximum absolute atomic E-state index is 11.6. The average Bonchev–Trinajstić information content (AvgIpc) is 2.30. The first kappa shape index (κ1) is 18.7. The monoisotopic (exact) mass is 288 g/mol. The van der Waals surface area contributed by atoms with Crippen LogP contribution in [0.2, 0.25) is 0 Å². The quantitative estimate of drug-likeness (QED) is 0.542. The lowest BCUT2D eigenvalue weighted by Crippen LogP contribution is -2.41. The van der Waals surface area contributed by atoms with Crippen LogP contribution in [0.4, 0.5) is 4.79 Å². The van der Waals surface area contributed by atoms with E-state index in [4.69, 9.17) is 10.5 Å². The third-order valence-electron chi connectivity index (χ3n) is 2.27. The smallest absolute Gasteiger partial charge is 0.407 e. The fourth-order valence-corrected chi connectivity index (χ4v) is 1.42. The van der Waals surface area contributed by atoms with Crippen LogP contribution >= 0.6 is 0 Å². The van der Waals surface area contributed by atoms with E-state index in [-0.39, 0.29) is 5.91 Å². The zero-order chi connectivity index (χ0) is 15.6. The van der Waals surface area contributed by atoms with E-state index >= 15 is 0 Å². The van der Waals surface area contributed by atoms with Crippen LogP contribution in [0.3, 0.4) is 0 Å². The predicted octanol–water partition coefficient (Wildman–Crippen LogP) is -0.0921. The van der Waals surface area contributed by atoms with Crippen molar-refractivity contribution in [2.45, 2.75) is 32.8 Å². The summed E-state index contributed by atoms with van der Waals surface area (Å²) in [5.41, 5.74) is 4.88. The molecule has 0 bridgehead atoms. The molecule has 0 aliphatic carbocycles. The molecule has 4 N–H and O–H groups in total. The number of carbonyl (C=O) groups is 2. The van der Waals surface area contributed by atoms with Crippen LogP contribution in [-0.2, 0) is 9.53 Å². The molecule has 0 saturated carbocycles. The minimum Gasteiger partial charge on any atom is -0.444 e. The molecule has 20 heavy (non-hydrogen) atoms. The van der Waals surface area contributed by atoms with E-state index in [0.717, 1.165) is 13.0 Å². The molecule has 7 nitrogen and oxygen atoms in total. The minimum absolute atomic E-state index is 0.0736. The van der Waals surface area contributed by atoms with Gasteiger partial charge in [0.25, 0.3) is 0 Å². The zero-order valence-corrected chi connectivity index (χ0v) is 13.0. The topological polar surface area (TPSA) is 96.7 Å². The number of nitrogens with zero attached hydrogens (tertiary/aromatic N) is 1. The van der Waals surface area contributed by atoms with Crippen molar-refractivity contribution in [3.05, 3.63) is 0 Å². The molecule has 0 aromatic carbocycles. The molecule has 0 aliphatic rings. The van der Waals surface area contributed by atoms with Crippen molar-refractivity contribution in [3.8, 4) is 0 Å². The molecule has 0 saturated heterocycles. The van der Waals surface area contributed by atoms with E-state index in [2.05, 4.69) is 10.6 Å². The zero-order valence-electron chi connectivity index (χ0n) is 13.0. The predicted molar refractivity (Wildman–Crippen MR) is 78.4 cm³/mol. The largest absolute Gasteiger partial charge is 0.444 e. The molecule has 0 radical (unpaired) electrons. The molecular weight excluding hydrogens is 260 g/mol. The Morgan fingerprint density at radius 2 is 1.80 bits per heavy atom. The van der Waals surface area contributed by atoms with Crippen LogP contribution in [-0.4, -0.2) is 62.3 Å². The van der Waals surface area contributed by atoms with Gasteiger partial charge in [0.2, 0.25) is 5.91 Å². The lowest BCUT2D eigenvalue weighted by molar-refractivity contribution is -0.121. The standard InChI is InChI=1S/C13H28N4O3/c1-13(2,3)20-12(19)16-8-7-15-11(18)10-17(4)9-5-6-14/h5-10,14H2,1-4H3,(H,15,18)(H,16,19). The second-order valence-corrected chi connectivity index (χ2v) is 5.66. The van der Waals surface area contributed by atoms with Gasteiger partial charge >= 0.3 is 6.09 Å². The summed E-state index contributed by atoms with van der Waals surface area (Å²) < 4.78 is 5.07. The van der Waals surface area contributed by atoms with E-state index in [1.54, 1.807) is 20.8 Å². The van der Waals surface area contributed by atoms with E-state index in [9.17, 15) is 9.59 Å². The Labute approximate surface area is 121 Å². The van der Waals surface area contributed by atoms with Crippen LogP contribution in [0.25, 0.3) is 0 Å². The number of nitrogens with two attached hydrogens (primary N) is 1. The van der Waals surface area contributed by atoms with Crippen molar-refractivity contribution >= 4 is 12.0 Å². The molecule has 0 atom stereocenters. The fraction of sp³-hybridized carbons (Fsp3) is 0.846. The molecule has 0 spiro atoms. The van der Waals surface area contributed by atoms with Gasteiger partial charge in [-0.3, -0.25) is 9.69 Å². The first-order valence-corrected chi connectivity index (χ1v) is 6.87. The summed E-state index contributed by atoms with van der Waals surface area (Å²) in [6.07, 6.45) is 0.385. The average molecular weight is 288 g/mol. The molecule has 2 amide bonds. The highest BCUT2D eigenvalue weighted by molar-refractivity contribution is 5.78. The number of carbonyl (C=O) groups excluding carboxylic acids is 2. The van der Waals surface area contributed by atoms with Crippen molar-refractivity contribution in [2.24, 2.45) is 5.73 Å². The van der Waals surface area contributed by atoms with E-state index in [1.807, 2.05) is 11.9 Å². The number of ether oxygens (including phenoxy) is 1. The Morgan fingerprint density at radius 1 is 1.20 bits per heavy atom. The lowest BCUT2D eigenvalue weighted by Gasteiger charge is -2.20. The Balaban J connectivity index is 3.64. The van der Waals surface area contributed by atoms with Gasteiger partial charge in [-0.1, -0.05) is 0 Å². The number of rotatable bonds is 8. The summed E-state index contributed by atoms with van der Waals surface area (Å²) in [5, 5.41) is 5.30. The summed E-state index contributed by atoms with van der Waals surface area (Å²) in [6, 6.07) is 0. The van der Waals surface area contributed by atoms with E-state index in [0.29, 0.717) is 26.2 Å². The van der Waals surface area contributed by atoms with Gasteiger partial charge in [0.05, 0.1) is 6.54 Å². The molecule has 7 heteroatoms. The number of amides is 2. The highest BCUT2D eigenvalue weighted by Gasteiger charge is 2.15. The van der Waals surface area contributed by atoms with Crippen molar-refractivity contribution in [2.75, 3.05) is 39.8 Å². The second-order valence-electron chi connectivity index (χ2n) is 5.66. The molecule has 0 heterocycles. The SMILES string of the molecule is CN(CCCN)CC(=O)NCCNC(=O)OC(C)(C)C. The van der Waals surface area contributed by atoms with Crippen LogP contribution in [0.15, 0.2) is 0 Å². The first-order chi connectivity index (χ1) is 9.24. The van der Waals surface area contributed by atoms with Gasteiger partial charge in [-0.05, 0) is 47.3 Å². The minimum atomic E-state index is -0.515. The van der Waals surface area contributed by atoms with Crippen LogP contribution in [0, 0.1) is 0 Å². The molecule has 0 aromatic heterocycles. The van der Waals surface area contributed by atoms with Crippen LogP contribution in [0.5, 0.6) is 0 Å². The molecule has 0 fully saturated rings. The molecule has 0 aliphatic heterocycles. The van der Waals surface area contributed by atoms with Gasteiger partial charge < -0.3 is 21.1 Å². The number of hydrogen-bond acceptors (Lipinski definition) is 5. The highest BCUT2D eigenvalue weighted by Crippen LogP contribution is 2.05. The number of likely N-dealkylation sites (N-methyl/N-ethyl adjacent to an activating group) is 1. The first-order valence-electron chi connectivity index (χ1n) is 6.87. The van der Waals surface area contributed by atoms with Gasteiger partial charge in [0, 0.05) is 13.1 Å². The molecule has 0 rings (SSSR count). The summed E-state index contributed by atoms with van der Waals surface area (Å²) in [7, 11) is 1.87. The Kier molecular flexibility index (Phi) is 8.91. The van der Waals surface area contributed by atoms with Crippen molar-refractivity contribution in [1.29, 1.82) is 0 Å². The van der Waals surface area contributed by atoms with Gasteiger partial charge in [-0.25, -0.2) is 4.79 Å². The van der Waals surface area contributed by atoms with Crippen molar-refractivity contribution < 1.29 is 14.3 Å². The normalized spacial score (nSPS) is 11.3. The molecule has 0 aromatic rings. The summed E-state index contributed by atoms with van der Waals surface area (Å²) in [5.74, 6) is -0.0736. The Morgan fingerprint density at radius 3 is 2.35 bits per heavy atom. The van der Waals surface area contributed by atoms with Gasteiger partial charge in [-0.15, -0.1) is 0 Å². The van der Waals surface area contributed by atoms with Crippen molar-refractivity contribution in [1.82, 2.24) is 15.5 Å². The van der Waals surface area contributed by atoms with Gasteiger partial charge in [0.1, 0.15) is 5.60 Å². The maximum atomic E-state index is 11.6. The fourth-order valence-electron chi connectivity index (χ4n) is 1.42. The number of alkyl carbamates (subject to hydrolysis) is 1. The molecule has 118 valence electrons. The third kappa shape index (κ3) is 11.7. The Bertz CT molecular complexity index is 302. The lowest BCUT2D eigenvalue weighted by atomic mass is 10.2. The van der Waals surface area contributed by atoms with Gasteiger partial charge in [-0.2, -0.15) is 0 Å². The third-order valence-corrected chi connectivity index (χ3v) is 2.27. The summed E-state index contributed by atoms with van der Waals surface area (Å²) in [6.45, 7) is 7.84. The number of nitrogens with one attached hydrogen (secondary N) is 2. The number of hydrogen-bond donors (Lipinski definition) is 3. The van der Waals surface area contributed by atoms with E-state index < -0.39 is 11.7 Å². The summed E-state index contributed by atoms with van der Waals surface area (Å²) >= 11 is 0. The van der Waals surface area contributed by atoms with Crippen LogP contribution < -0.4 is 16.4 Å². The van der Waals surface area contributed by atoms with E-state index in [1.165, 1.54) is 0 Å². The maximum Gasteiger partial charge on any atom is 0.407 e. The van der Waals surface area contributed by atoms with Crippen molar-refractivity contribution in [3.63, 3.8) is 0 Å².